The minimum atomic E-state index is -0.144. The quantitative estimate of drug-likeness (QED) is 0.270. The van der Waals surface area contributed by atoms with Gasteiger partial charge in [-0.2, -0.15) is 0 Å². The van der Waals surface area contributed by atoms with E-state index in [0.717, 1.165) is 33.4 Å². The summed E-state index contributed by atoms with van der Waals surface area (Å²) < 4.78 is 0. The van der Waals surface area contributed by atoms with E-state index in [1.54, 1.807) is 0 Å². The first-order valence-corrected chi connectivity index (χ1v) is 13.5. The number of allylic oxidation sites excluding steroid dienone is 6. The standard InChI is InChI=1S/C36H30N2O2/c1-21(23-11-15-25(37)16-12-23)31-19-33(27-7-3-5-9-29(27)35(31)39)34-20-32(22(2)24-13-17-26(38)18-14-24)36(40)30-10-6-4-8-28(30)34/h3-22H,37-38H2,1-2H3/b34-33+. The number of Topliss-reactive ketones (excluding diaryl/α,β-unsaturated/α-hetero) is 2. The predicted octanol–water partition coefficient (Wildman–Crippen LogP) is 7.61. The second-order valence-electron chi connectivity index (χ2n) is 10.6. The first-order valence-electron chi connectivity index (χ1n) is 13.5. The zero-order chi connectivity index (χ0) is 28.0. The Labute approximate surface area is 234 Å². The van der Waals surface area contributed by atoms with E-state index in [1.165, 1.54) is 0 Å². The molecule has 40 heavy (non-hydrogen) atoms. The van der Waals surface area contributed by atoms with E-state index in [0.29, 0.717) is 33.6 Å². The summed E-state index contributed by atoms with van der Waals surface area (Å²) in [7, 11) is 0. The highest BCUT2D eigenvalue weighted by atomic mass is 16.1. The van der Waals surface area contributed by atoms with Gasteiger partial charge in [0.1, 0.15) is 0 Å². The molecule has 0 bridgehead atoms. The van der Waals surface area contributed by atoms with Crippen LogP contribution in [-0.4, -0.2) is 11.6 Å². The van der Waals surface area contributed by atoms with Crippen LogP contribution in [0.15, 0.2) is 120 Å². The van der Waals surface area contributed by atoms with Crippen molar-refractivity contribution in [2.24, 2.45) is 0 Å². The molecule has 2 aliphatic rings. The van der Waals surface area contributed by atoms with Crippen molar-refractivity contribution in [3.05, 3.63) is 154 Å². The van der Waals surface area contributed by atoms with Crippen molar-refractivity contribution in [3.63, 3.8) is 0 Å². The zero-order valence-corrected chi connectivity index (χ0v) is 22.5. The minimum Gasteiger partial charge on any atom is -0.399 e. The minimum absolute atomic E-state index is 0.0175. The number of nitrogens with two attached hydrogens (primary N) is 2. The topological polar surface area (TPSA) is 86.2 Å². The molecule has 0 saturated carbocycles. The van der Waals surface area contributed by atoms with E-state index >= 15 is 0 Å². The summed E-state index contributed by atoms with van der Waals surface area (Å²) in [5.41, 5.74) is 21.6. The highest BCUT2D eigenvalue weighted by Crippen LogP contribution is 2.44. The monoisotopic (exact) mass is 522 g/mol. The molecule has 0 aliphatic heterocycles. The molecule has 196 valence electrons. The molecule has 0 heterocycles. The van der Waals surface area contributed by atoms with Crippen molar-refractivity contribution in [2.75, 3.05) is 11.5 Å². The van der Waals surface area contributed by atoms with Crippen LogP contribution in [0.1, 0.15) is 68.7 Å². The van der Waals surface area contributed by atoms with Gasteiger partial charge in [0.2, 0.25) is 0 Å². The molecule has 4 aromatic carbocycles. The molecule has 0 spiro atoms. The van der Waals surface area contributed by atoms with Gasteiger partial charge >= 0.3 is 0 Å². The van der Waals surface area contributed by atoms with Crippen LogP contribution in [0, 0.1) is 0 Å². The summed E-state index contributed by atoms with van der Waals surface area (Å²) in [6.07, 6.45) is 4.05. The summed E-state index contributed by atoms with van der Waals surface area (Å²) >= 11 is 0. The van der Waals surface area contributed by atoms with Crippen LogP contribution >= 0.6 is 0 Å². The fraction of sp³-hybridized carbons (Fsp3) is 0.111. The SMILES string of the molecule is CC(C1=C/C(=C2/C=C(C(C)c3ccc(N)cc3)C(=O)c3ccccc32)c2ccccc2C1=O)c1ccc(N)cc1. The summed E-state index contributed by atoms with van der Waals surface area (Å²) in [5.74, 6) is -0.253. The number of fused-ring (bicyclic) bond motifs is 2. The van der Waals surface area contributed by atoms with Gasteiger partial charge in [-0.25, -0.2) is 0 Å². The molecule has 2 aliphatic carbocycles. The fourth-order valence-corrected chi connectivity index (χ4v) is 5.76. The summed E-state index contributed by atoms with van der Waals surface area (Å²) in [6, 6.07) is 30.8. The lowest BCUT2D eigenvalue weighted by molar-refractivity contribution is 0.101. The lowest BCUT2D eigenvalue weighted by atomic mass is 9.74. The van der Waals surface area contributed by atoms with E-state index in [-0.39, 0.29) is 23.4 Å². The van der Waals surface area contributed by atoms with Crippen LogP contribution in [0.2, 0.25) is 0 Å². The van der Waals surface area contributed by atoms with E-state index in [4.69, 9.17) is 11.5 Å². The van der Waals surface area contributed by atoms with E-state index in [1.807, 2.05) is 123 Å². The van der Waals surface area contributed by atoms with Gasteiger partial charge in [-0.05, 0) is 69.8 Å². The third kappa shape index (κ3) is 4.28. The van der Waals surface area contributed by atoms with Crippen molar-refractivity contribution in [1.29, 1.82) is 0 Å². The lowest BCUT2D eigenvalue weighted by Gasteiger charge is -2.28. The number of carbonyl (C=O) groups is 2. The van der Waals surface area contributed by atoms with Crippen LogP contribution < -0.4 is 11.5 Å². The maximum absolute atomic E-state index is 13.8. The molecule has 4 aromatic rings. The summed E-state index contributed by atoms with van der Waals surface area (Å²) in [6.45, 7) is 4.10. The second kappa shape index (κ2) is 9.97. The van der Waals surface area contributed by atoms with Crippen molar-refractivity contribution < 1.29 is 9.59 Å². The first kappa shape index (κ1) is 25.3. The van der Waals surface area contributed by atoms with Gasteiger partial charge in [-0.1, -0.05) is 86.6 Å². The molecule has 0 amide bonds. The Morgan fingerprint density at radius 3 is 1.15 bits per heavy atom. The van der Waals surface area contributed by atoms with Gasteiger partial charge in [0, 0.05) is 45.5 Å². The highest BCUT2D eigenvalue weighted by molar-refractivity contribution is 6.23. The molecule has 4 N–H and O–H groups in total. The average Bonchev–Trinajstić information content (AvgIpc) is 2.98. The van der Waals surface area contributed by atoms with Crippen LogP contribution in [0.3, 0.4) is 0 Å². The lowest BCUT2D eigenvalue weighted by Crippen LogP contribution is -2.19. The number of ketones is 2. The first-order chi connectivity index (χ1) is 19.3. The summed E-state index contributed by atoms with van der Waals surface area (Å²) in [4.78, 5) is 27.6. The largest absolute Gasteiger partial charge is 0.399 e. The maximum atomic E-state index is 13.8. The molecular formula is C36H30N2O2. The molecule has 0 fully saturated rings. The Bertz CT molecular complexity index is 1620. The third-order valence-electron chi connectivity index (χ3n) is 8.14. The van der Waals surface area contributed by atoms with Crippen LogP contribution in [-0.2, 0) is 0 Å². The van der Waals surface area contributed by atoms with Crippen molar-refractivity contribution in [1.82, 2.24) is 0 Å². The number of benzene rings is 4. The van der Waals surface area contributed by atoms with E-state index < -0.39 is 0 Å². The maximum Gasteiger partial charge on any atom is 0.190 e. The number of hydrogen-bond donors (Lipinski definition) is 2. The second-order valence-corrected chi connectivity index (χ2v) is 10.6. The Hall–Kier alpha value is -4.96. The molecule has 0 radical (unpaired) electrons. The molecule has 6 rings (SSSR count). The van der Waals surface area contributed by atoms with Gasteiger partial charge < -0.3 is 11.5 Å². The van der Waals surface area contributed by atoms with Crippen molar-refractivity contribution in [2.45, 2.75) is 25.7 Å². The Morgan fingerprint density at radius 2 is 0.800 bits per heavy atom. The van der Waals surface area contributed by atoms with E-state index in [2.05, 4.69) is 0 Å². The fourth-order valence-electron chi connectivity index (χ4n) is 5.76. The highest BCUT2D eigenvalue weighted by Gasteiger charge is 2.32. The third-order valence-corrected chi connectivity index (χ3v) is 8.14. The average molecular weight is 523 g/mol. The number of nitrogen functional groups attached to an aromatic ring is 2. The van der Waals surface area contributed by atoms with Crippen molar-refractivity contribution >= 4 is 34.1 Å². The molecule has 2 unspecified atom stereocenters. The van der Waals surface area contributed by atoms with Crippen LogP contribution in [0.4, 0.5) is 11.4 Å². The molecule has 0 saturated heterocycles. The number of anilines is 2. The number of hydrogen-bond acceptors (Lipinski definition) is 4. The Morgan fingerprint density at radius 1 is 0.475 bits per heavy atom. The zero-order valence-electron chi connectivity index (χ0n) is 22.5. The molecule has 0 aromatic heterocycles. The number of rotatable bonds is 4. The molecule has 4 heteroatoms. The summed E-state index contributed by atoms with van der Waals surface area (Å²) in [5, 5.41) is 0. The van der Waals surface area contributed by atoms with Gasteiger partial charge in [0.05, 0.1) is 0 Å². The normalized spacial score (nSPS) is 17.9. The van der Waals surface area contributed by atoms with Crippen LogP contribution in [0.5, 0.6) is 0 Å². The Kier molecular flexibility index (Phi) is 6.31. The predicted molar refractivity (Wildman–Crippen MR) is 163 cm³/mol. The van der Waals surface area contributed by atoms with Crippen molar-refractivity contribution in [3.8, 4) is 0 Å². The van der Waals surface area contributed by atoms with Crippen LogP contribution in [0.25, 0.3) is 11.1 Å². The smallest absolute Gasteiger partial charge is 0.190 e. The van der Waals surface area contributed by atoms with Gasteiger partial charge in [-0.15, -0.1) is 0 Å². The van der Waals surface area contributed by atoms with Gasteiger partial charge in [-0.3, -0.25) is 9.59 Å². The Balaban J connectivity index is 1.59. The number of carbonyl (C=O) groups excluding carboxylic acids is 2. The van der Waals surface area contributed by atoms with Gasteiger partial charge in [0.15, 0.2) is 11.6 Å². The molecular weight excluding hydrogens is 492 g/mol. The molecule has 4 nitrogen and oxygen atoms in total. The molecule has 2 atom stereocenters. The van der Waals surface area contributed by atoms with Gasteiger partial charge in [0.25, 0.3) is 0 Å². The van der Waals surface area contributed by atoms with E-state index in [9.17, 15) is 9.59 Å².